The van der Waals surface area contributed by atoms with Gasteiger partial charge >= 0.3 is 0 Å². The van der Waals surface area contributed by atoms with E-state index in [9.17, 15) is 22.4 Å². The van der Waals surface area contributed by atoms with Crippen molar-refractivity contribution in [2.24, 2.45) is 5.10 Å². The Kier molecular flexibility index (Phi) is 9.48. The van der Waals surface area contributed by atoms with Crippen LogP contribution in [0.25, 0.3) is 0 Å². The smallest absolute Gasteiger partial charge is 0.264 e. The number of para-hydroxylation sites is 1. The lowest BCUT2D eigenvalue weighted by Crippen LogP contribution is -2.40. The first-order valence-corrected chi connectivity index (χ1v) is 13.8. The van der Waals surface area contributed by atoms with Crippen LogP contribution in [0.2, 0.25) is 0 Å². The second-order valence-electron chi connectivity index (χ2n) is 8.78. The predicted octanol–water partition coefficient (Wildman–Crippen LogP) is 3.77. The Morgan fingerprint density at radius 1 is 0.976 bits per heavy atom. The van der Waals surface area contributed by atoms with Crippen LogP contribution in [0.1, 0.15) is 16.9 Å². The van der Waals surface area contributed by atoms with E-state index >= 15 is 0 Å². The number of rotatable bonds is 12. The van der Waals surface area contributed by atoms with Gasteiger partial charge in [0.25, 0.3) is 21.8 Å². The lowest BCUT2D eigenvalue weighted by Gasteiger charge is -2.24. The first kappa shape index (κ1) is 29.0. The zero-order chi connectivity index (χ0) is 29.2. The quantitative estimate of drug-likeness (QED) is 0.194. The molecule has 0 saturated heterocycles. The molecular formula is C29H27FN4O6S. The van der Waals surface area contributed by atoms with Crippen LogP contribution in [-0.2, 0) is 26.2 Å². The number of ether oxygens (including phenoxy) is 1. The van der Waals surface area contributed by atoms with Crippen LogP contribution in [0, 0.1) is 12.7 Å². The molecule has 10 nitrogen and oxygen atoms in total. The fraction of sp³-hybridized carbons (Fsp3) is 0.138. The molecule has 0 aliphatic carbocycles. The van der Waals surface area contributed by atoms with Gasteiger partial charge < -0.3 is 14.5 Å². The number of carbonyl (C=O) groups is 2. The van der Waals surface area contributed by atoms with E-state index in [-0.39, 0.29) is 29.6 Å². The van der Waals surface area contributed by atoms with E-state index < -0.39 is 28.3 Å². The molecule has 0 spiro atoms. The number of hydrazone groups is 1. The number of benzene rings is 3. The molecule has 41 heavy (non-hydrogen) atoms. The molecule has 4 aromatic rings. The van der Waals surface area contributed by atoms with Crippen molar-refractivity contribution >= 4 is 33.7 Å². The van der Waals surface area contributed by atoms with Crippen molar-refractivity contribution in [2.45, 2.75) is 18.4 Å². The van der Waals surface area contributed by atoms with Crippen molar-refractivity contribution in [1.82, 2.24) is 10.7 Å². The molecule has 12 heteroatoms. The summed E-state index contributed by atoms with van der Waals surface area (Å²) in [4.78, 5) is 24.5. The summed E-state index contributed by atoms with van der Waals surface area (Å²) in [6, 6.07) is 21.3. The monoisotopic (exact) mass is 578 g/mol. The van der Waals surface area contributed by atoms with Gasteiger partial charge in [0.1, 0.15) is 23.9 Å². The van der Waals surface area contributed by atoms with Crippen molar-refractivity contribution in [1.29, 1.82) is 0 Å². The zero-order valence-electron chi connectivity index (χ0n) is 22.0. The molecule has 4 rings (SSSR count). The van der Waals surface area contributed by atoms with Gasteiger partial charge in [0.2, 0.25) is 0 Å². The largest absolute Gasteiger partial charge is 0.484 e. The summed E-state index contributed by atoms with van der Waals surface area (Å²) in [5.41, 5.74) is 3.45. The number of furan rings is 1. The summed E-state index contributed by atoms with van der Waals surface area (Å²) in [5, 5.41) is 6.55. The number of sulfonamides is 1. The molecule has 1 aromatic heterocycles. The molecular weight excluding hydrogens is 551 g/mol. The van der Waals surface area contributed by atoms with Crippen molar-refractivity contribution in [2.75, 3.05) is 17.5 Å². The minimum atomic E-state index is -4.26. The molecule has 0 bridgehead atoms. The van der Waals surface area contributed by atoms with Gasteiger partial charge in [-0.25, -0.2) is 18.2 Å². The highest BCUT2D eigenvalue weighted by Gasteiger charge is 2.29. The normalized spacial score (nSPS) is 11.3. The summed E-state index contributed by atoms with van der Waals surface area (Å²) >= 11 is 0. The van der Waals surface area contributed by atoms with Crippen LogP contribution >= 0.6 is 0 Å². The Hall–Kier alpha value is -4.97. The topological polar surface area (TPSA) is 130 Å². The third-order valence-corrected chi connectivity index (χ3v) is 7.48. The van der Waals surface area contributed by atoms with Gasteiger partial charge in [0.05, 0.1) is 29.6 Å². The number of nitrogens with zero attached hydrogens (tertiary/aromatic N) is 2. The lowest BCUT2D eigenvalue weighted by molar-refractivity contribution is -0.123. The SMILES string of the molecule is Cc1ccc(S(=O)(=O)N(CC(=O)N/N=C\c2ccc(OCC(=O)NCc3ccco3)cc2)c2ccccc2F)cc1. The Bertz CT molecular complexity index is 1610. The highest BCUT2D eigenvalue weighted by Crippen LogP contribution is 2.26. The molecule has 0 aliphatic rings. The van der Waals surface area contributed by atoms with E-state index in [4.69, 9.17) is 9.15 Å². The zero-order valence-corrected chi connectivity index (χ0v) is 22.8. The third-order valence-electron chi connectivity index (χ3n) is 5.71. The third kappa shape index (κ3) is 8.02. The van der Waals surface area contributed by atoms with E-state index in [0.717, 1.165) is 11.6 Å². The molecule has 0 aliphatic heterocycles. The standard InChI is InChI=1S/C29H27FN4O6S/c1-21-8-14-25(15-9-21)41(37,38)34(27-7-3-2-6-26(27)30)19-28(35)33-32-17-22-10-12-23(13-11-22)40-20-29(36)31-18-24-5-4-16-39-24/h2-17H,18-20H2,1H3,(H,31,36)(H,33,35)/b32-17-. The number of anilines is 1. The Labute approximate surface area is 236 Å². The van der Waals surface area contributed by atoms with E-state index in [1.165, 1.54) is 42.8 Å². The minimum Gasteiger partial charge on any atom is -0.484 e. The van der Waals surface area contributed by atoms with Crippen LogP contribution in [0.15, 0.2) is 106 Å². The highest BCUT2D eigenvalue weighted by molar-refractivity contribution is 7.92. The molecule has 3 aromatic carbocycles. The molecule has 0 saturated carbocycles. The second kappa shape index (κ2) is 13.4. The molecule has 1 heterocycles. The maximum absolute atomic E-state index is 14.6. The molecule has 0 radical (unpaired) electrons. The van der Waals surface area contributed by atoms with Crippen molar-refractivity contribution in [3.8, 4) is 5.75 Å². The number of carbonyl (C=O) groups excluding carboxylic acids is 2. The molecule has 2 amide bonds. The molecule has 0 fully saturated rings. The lowest BCUT2D eigenvalue weighted by atomic mass is 10.2. The van der Waals surface area contributed by atoms with Gasteiger partial charge in [0.15, 0.2) is 6.61 Å². The molecule has 2 N–H and O–H groups in total. The van der Waals surface area contributed by atoms with Crippen molar-refractivity contribution in [3.63, 3.8) is 0 Å². The fourth-order valence-electron chi connectivity index (χ4n) is 3.58. The summed E-state index contributed by atoms with van der Waals surface area (Å²) in [7, 11) is -4.26. The number of hydrogen-bond donors (Lipinski definition) is 2. The van der Waals surface area contributed by atoms with E-state index in [1.807, 2.05) is 0 Å². The number of amides is 2. The van der Waals surface area contributed by atoms with Crippen LogP contribution in [0.5, 0.6) is 5.75 Å². The summed E-state index contributed by atoms with van der Waals surface area (Å²) < 4.78 is 52.6. The molecule has 212 valence electrons. The van der Waals surface area contributed by atoms with Crippen molar-refractivity contribution < 1.29 is 31.6 Å². The van der Waals surface area contributed by atoms with Gasteiger partial charge in [-0.05, 0) is 73.2 Å². The summed E-state index contributed by atoms with van der Waals surface area (Å²) in [6.07, 6.45) is 2.87. The van der Waals surface area contributed by atoms with Gasteiger partial charge in [-0.1, -0.05) is 29.8 Å². The molecule has 0 atom stereocenters. The summed E-state index contributed by atoms with van der Waals surface area (Å²) in [6.45, 7) is 1.17. The van der Waals surface area contributed by atoms with E-state index in [0.29, 0.717) is 21.4 Å². The highest BCUT2D eigenvalue weighted by atomic mass is 32.2. The van der Waals surface area contributed by atoms with E-state index in [2.05, 4.69) is 15.8 Å². The number of aryl methyl sites for hydroxylation is 1. The Morgan fingerprint density at radius 2 is 1.71 bits per heavy atom. The van der Waals surface area contributed by atoms with Crippen molar-refractivity contribution in [3.05, 3.63) is 114 Å². The van der Waals surface area contributed by atoms with Crippen LogP contribution in [0.4, 0.5) is 10.1 Å². The average molecular weight is 579 g/mol. The van der Waals surface area contributed by atoms with Crippen LogP contribution in [0.3, 0.4) is 0 Å². The number of hydrogen-bond acceptors (Lipinski definition) is 7. The minimum absolute atomic E-state index is 0.0834. The van der Waals surface area contributed by atoms with Gasteiger partial charge in [0, 0.05) is 0 Å². The Morgan fingerprint density at radius 3 is 2.39 bits per heavy atom. The maximum Gasteiger partial charge on any atom is 0.264 e. The second-order valence-corrected chi connectivity index (χ2v) is 10.6. The van der Waals surface area contributed by atoms with Gasteiger partial charge in [-0.15, -0.1) is 0 Å². The Balaban J connectivity index is 1.34. The van der Waals surface area contributed by atoms with Crippen LogP contribution < -0.4 is 19.8 Å². The van der Waals surface area contributed by atoms with Gasteiger partial charge in [-0.2, -0.15) is 5.10 Å². The first-order chi connectivity index (χ1) is 19.7. The summed E-state index contributed by atoms with van der Waals surface area (Å²) in [5.74, 6) is -0.816. The molecule has 0 unspecified atom stereocenters. The predicted molar refractivity (Wildman–Crippen MR) is 150 cm³/mol. The van der Waals surface area contributed by atoms with Crippen LogP contribution in [-0.4, -0.2) is 39.6 Å². The van der Waals surface area contributed by atoms with Gasteiger partial charge in [-0.3, -0.25) is 13.9 Å². The number of halogens is 1. The maximum atomic E-state index is 14.6. The number of nitrogens with one attached hydrogen (secondary N) is 2. The first-order valence-electron chi connectivity index (χ1n) is 12.4. The fourth-order valence-corrected chi connectivity index (χ4v) is 5.01. The van der Waals surface area contributed by atoms with E-state index in [1.54, 1.807) is 55.5 Å². The average Bonchev–Trinajstić information content (AvgIpc) is 3.49.